The fraction of sp³-hybridized carbons (Fsp3) is 0.667. The van der Waals surface area contributed by atoms with Crippen LogP contribution in [-0.4, -0.2) is 18.3 Å². The van der Waals surface area contributed by atoms with Crippen LogP contribution in [0.3, 0.4) is 0 Å². The van der Waals surface area contributed by atoms with Crippen LogP contribution in [0.2, 0.25) is 0 Å². The third-order valence-electron chi connectivity index (χ3n) is 0.680. The lowest BCUT2D eigenvalue weighted by molar-refractivity contribution is 0.360. The molecule has 0 amide bonds. The maximum Gasteiger partial charge on any atom is 0.187 e. The molecule has 1 heterocycles. The van der Waals surface area contributed by atoms with Gasteiger partial charge in [-0.2, -0.15) is 0 Å². The molecule has 0 saturated carbocycles. The van der Waals surface area contributed by atoms with Gasteiger partial charge in [0.15, 0.2) is 5.17 Å². The summed E-state index contributed by atoms with van der Waals surface area (Å²) >= 11 is 4.60. The molecule has 0 aromatic rings. The second-order valence-corrected chi connectivity index (χ2v) is 2.18. The Hall–Kier alpha value is 0.230. The molecule has 1 aliphatic rings. The number of rotatable bonds is 0. The van der Waals surface area contributed by atoms with Gasteiger partial charge in [0.25, 0.3) is 0 Å². The van der Waals surface area contributed by atoms with Crippen molar-refractivity contribution < 1.29 is 4.74 Å². The second kappa shape index (κ2) is 2.52. The predicted octanol–water partition coefficient (Wildman–Crippen LogP) is -0.762. The van der Waals surface area contributed by atoms with Crippen molar-refractivity contribution in [2.75, 3.05) is 13.2 Å². The smallest absolute Gasteiger partial charge is 0.187 e. The minimum absolute atomic E-state index is 0.763. The molecular formula is C3H5NOS2. The van der Waals surface area contributed by atoms with Crippen LogP contribution in [0.15, 0.2) is 0 Å². The van der Waals surface area contributed by atoms with Crippen LogP contribution in [0.4, 0.5) is 0 Å². The maximum absolute atomic E-state index is 4.97. The Kier molecular flexibility index (Phi) is 1.93. The van der Waals surface area contributed by atoms with Crippen LogP contribution in [-0.2, 0) is 25.8 Å². The second-order valence-electron chi connectivity index (χ2n) is 1.15. The topological polar surface area (TPSA) is 21.3 Å². The molecule has 1 N–H and O–H groups in total. The van der Waals surface area contributed by atoms with Gasteiger partial charge in [0.1, 0.15) is 0 Å². The average Bonchev–Trinajstić information content (AvgIpc) is 2.14. The van der Waals surface area contributed by atoms with Crippen molar-refractivity contribution in [3.8, 4) is 0 Å². The van der Waals surface area contributed by atoms with E-state index >= 15 is 0 Å². The molecule has 0 radical (unpaired) electrons. The van der Waals surface area contributed by atoms with Gasteiger partial charge in [0, 0.05) is 6.54 Å². The normalized spacial score (nSPS) is 20.3. The van der Waals surface area contributed by atoms with Crippen LogP contribution in [0.5, 0.6) is 0 Å². The highest BCUT2D eigenvalue weighted by atomic mass is 32.8. The van der Waals surface area contributed by atoms with Gasteiger partial charge >= 0.3 is 0 Å². The number of hydrogen-bond acceptors (Lipinski definition) is 2. The molecule has 1 aliphatic heterocycles. The number of ether oxygens (including phenoxy) is 1. The zero-order valence-electron chi connectivity index (χ0n) is 3.64. The molecule has 1 fully saturated rings. The zero-order valence-corrected chi connectivity index (χ0v) is 5.27. The Labute approximate surface area is 50.1 Å². The van der Waals surface area contributed by atoms with E-state index in [1.165, 1.54) is 9.91 Å². The standard InChI is InChI=1S/C3H5NOS2/c6-7-3-4-1-2-5-3/h4H,1-2H2. The first-order chi connectivity index (χ1) is 3.43. The van der Waals surface area contributed by atoms with Gasteiger partial charge in [0.2, 0.25) is 0 Å². The quantitative estimate of drug-likeness (QED) is 0.441. The van der Waals surface area contributed by atoms with E-state index in [1.54, 1.807) is 0 Å². The molecule has 0 atom stereocenters. The predicted molar refractivity (Wildman–Crippen MR) is 33.7 cm³/mol. The molecule has 7 heavy (non-hydrogen) atoms. The molecule has 0 spiro atoms. The van der Waals surface area contributed by atoms with E-state index in [0.717, 1.165) is 18.3 Å². The highest BCUT2D eigenvalue weighted by Gasteiger charge is 2.02. The average molecular weight is 135 g/mol. The van der Waals surface area contributed by atoms with E-state index in [-0.39, 0.29) is 0 Å². The summed E-state index contributed by atoms with van der Waals surface area (Å²) in [6.45, 7) is 1.66. The summed E-state index contributed by atoms with van der Waals surface area (Å²) in [5.41, 5.74) is 0. The number of hydrogen-bond donors (Lipinski definition) is 1. The van der Waals surface area contributed by atoms with Gasteiger partial charge < -0.3 is 4.74 Å². The zero-order chi connectivity index (χ0) is 5.11. The van der Waals surface area contributed by atoms with Gasteiger partial charge in [-0.15, -0.1) is 0 Å². The molecular weight excluding hydrogens is 130 g/mol. The van der Waals surface area contributed by atoms with Crippen molar-refractivity contribution in [3.05, 3.63) is 0 Å². The lowest BCUT2D eigenvalue weighted by Gasteiger charge is -1.83. The summed E-state index contributed by atoms with van der Waals surface area (Å²) in [6, 6.07) is 0. The first-order valence-corrected chi connectivity index (χ1v) is 3.71. The summed E-state index contributed by atoms with van der Waals surface area (Å²) in [6.07, 6.45) is 0. The van der Waals surface area contributed by atoms with Gasteiger partial charge in [-0.25, -0.2) is 0 Å². The van der Waals surface area contributed by atoms with Crippen LogP contribution in [0, 0.1) is 0 Å². The van der Waals surface area contributed by atoms with Crippen LogP contribution in [0.1, 0.15) is 0 Å². The fourth-order valence-electron chi connectivity index (χ4n) is 0.401. The van der Waals surface area contributed by atoms with E-state index in [0.29, 0.717) is 0 Å². The van der Waals surface area contributed by atoms with Gasteiger partial charge in [-0.1, -0.05) is 0 Å². The summed E-state index contributed by atoms with van der Waals surface area (Å²) in [5, 5.41) is 3.73. The Balaban J connectivity index is 2.57. The van der Waals surface area contributed by atoms with E-state index in [4.69, 9.17) is 4.74 Å². The lowest BCUT2D eigenvalue weighted by Crippen LogP contribution is -2.14. The van der Waals surface area contributed by atoms with Gasteiger partial charge in [0.05, 0.1) is 6.61 Å². The molecule has 0 bridgehead atoms. The van der Waals surface area contributed by atoms with Crippen LogP contribution >= 0.6 is 0 Å². The third-order valence-corrected chi connectivity index (χ3v) is 1.55. The summed E-state index contributed by atoms with van der Waals surface area (Å²) in [5.74, 6) is 0. The SMILES string of the molecule is S=S=C1NCCO1. The first-order valence-electron chi connectivity index (χ1n) is 1.97. The van der Waals surface area contributed by atoms with Crippen molar-refractivity contribution in [1.29, 1.82) is 0 Å². The van der Waals surface area contributed by atoms with Crippen molar-refractivity contribution >= 4 is 26.3 Å². The van der Waals surface area contributed by atoms with Crippen molar-refractivity contribution in [2.24, 2.45) is 0 Å². The molecule has 1 rings (SSSR count). The van der Waals surface area contributed by atoms with Crippen molar-refractivity contribution in [2.45, 2.75) is 0 Å². The molecule has 0 aromatic heterocycles. The van der Waals surface area contributed by atoms with Crippen LogP contribution in [0.25, 0.3) is 0 Å². The van der Waals surface area contributed by atoms with Crippen LogP contribution < -0.4 is 5.32 Å². The van der Waals surface area contributed by atoms with Gasteiger partial charge in [-0.05, 0) is 21.1 Å². The monoisotopic (exact) mass is 135 g/mol. The fourth-order valence-corrected chi connectivity index (χ4v) is 1.01. The Bertz CT molecular complexity index is 110. The molecule has 0 aromatic carbocycles. The minimum Gasteiger partial charge on any atom is -0.325 e. The largest absolute Gasteiger partial charge is 0.325 e. The number of nitrogens with one attached hydrogen (secondary N) is 1. The summed E-state index contributed by atoms with van der Waals surface area (Å²) < 4.78 is 4.97. The molecule has 1 saturated heterocycles. The van der Waals surface area contributed by atoms with Crippen molar-refractivity contribution in [1.82, 2.24) is 5.32 Å². The molecule has 40 valence electrons. The molecule has 0 unspecified atom stereocenters. The van der Waals surface area contributed by atoms with E-state index in [2.05, 4.69) is 16.5 Å². The van der Waals surface area contributed by atoms with Crippen molar-refractivity contribution in [3.63, 3.8) is 0 Å². The summed E-state index contributed by atoms with van der Waals surface area (Å²) in [4.78, 5) is 0. The lowest BCUT2D eigenvalue weighted by atomic mass is 10.7. The molecule has 2 nitrogen and oxygen atoms in total. The highest BCUT2D eigenvalue weighted by Crippen LogP contribution is 1.80. The Morgan fingerprint density at radius 1 is 1.86 bits per heavy atom. The first kappa shape index (κ1) is 5.37. The van der Waals surface area contributed by atoms with E-state index < -0.39 is 0 Å². The highest BCUT2D eigenvalue weighted by molar-refractivity contribution is 8.17. The third kappa shape index (κ3) is 1.31. The Morgan fingerprint density at radius 3 is 3.00 bits per heavy atom. The maximum atomic E-state index is 4.97. The summed E-state index contributed by atoms with van der Waals surface area (Å²) in [7, 11) is 1.20. The van der Waals surface area contributed by atoms with E-state index in [9.17, 15) is 0 Å². The molecule has 0 aliphatic carbocycles. The minimum atomic E-state index is 0.763. The van der Waals surface area contributed by atoms with Gasteiger partial charge in [-0.3, -0.25) is 5.32 Å². The Morgan fingerprint density at radius 2 is 2.71 bits per heavy atom. The molecule has 4 heteroatoms. The van der Waals surface area contributed by atoms with E-state index in [1.807, 2.05) is 0 Å².